The summed E-state index contributed by atoms with van der Waals surface area (Å²) >= 11 is 1.54. The van der Waals surface area contributed by atoms with Crippen LogP contribution < -0.4 is 0 Å². The number of hydrogen-bond acceptors (Lipinski definition) is 4. The second-order valence-corrected chi connectivity index (χ2v) is 3.18. The number of nitrogens with zero attached hydrogens (tertiary/aromatic N) is 3. The van der Waals surface area contributed by atoms with E-state index in [4.69, 9.17) is 5.11 Å². The van der Waals surface area contributed by atoms with Gasteiger partial charge in [0.15, 0.2) is 5.16 Å². The van der Waals surface area contributed by atoms with Crippen LogP contribution in [0.4, 0.5) is 0 Å². The smallest absolute Gasteiger partial charge is 0.186 e. The van der Waals surface area contributed by atoms with E-state index in [0.717, 1.165) is 10.9 Å². The molecule has 1 atom stereocenters. The van der Waals surface area contributed by atoms with Crippen LogP contribution in [0.5, 0.6) is 0 Å². The minimum atomic E-state index is -0.265. The molecule has 0 aliphatic carbocycles. The fraction of sp³-hybridized carbons (Fsp3) is 0.600. The fourth-order valence-corrected chi connectivity index (χ4v) is 1.75. The van der Waals surface area contributed by atoms with Gasteiger partial charge in [-0.1, -0.05) is 11.8 Å². The fourth-order valence-electron chi connectivity index (χ4n) is 0.914. The van der Waals surface area contributed by atoms with Gasteiger partial charge in [-0.25, -0.2) is 9.67 Å². The molecule has 0 saturated heterocycles. The van der Waals surface area contributed by atoms with Gasteiger partial charge in [-0.2, -0.15) is 5.10 Å². The van der Waals surface area contributed by atoms with Gasteiger partial charge in [-0.3, -0.25) is 0 Å². The van der Waals surface area contributed by atoms with Crippen molar-refractivity contribution in [2.45, 2.75) is 17.8 Å². The summed E-state index contributed by atoms with van der Waals surface area (Å²) in [6.45, 7) is 0.586. The van der Waals surface area contributed by atoms with Gasteiger partial charge >= 0.3 is 0 Å². The van der Waals surface area contributed by atoms with Crippen molar-refractivity contribution in [1.82, 2.24) is 14.8 Å². The Morgan fingerprint density at radius 2 is 2.70 bits per heavy atom. The Labute approximate surface area is 62.3 Å². The summed E-state index contributed by atoms with van der Waals surface area (Å²) in [5, 5.41) is 14.0. The molecule has 1 aliphatic heterocycles. The Kier molecular flexibility index (Phi) is 1.39. The third-order valence-electron chi connectivity index (χ3n) is 1.37. The molecule has 5 heteroatoms. The van der Waals surface area contributed by atoms with Gasteiger partial charge in [0.1, 0.15) is 6.33 Å². The van der Waals surface area contributed by atoms with Crippen molar-refractivity contribution in [1.29, 1.82) is 0 Å². The molecule has 2 rings (SSSR count). The topological polar surface area (TPSA) is 50.9 Å². The SMILES string of the molecule is O[C@@H]1CSc2ncnn2C1. The average molecular weight is 157 g/mol. The van der Waals surface area contributed by atoms with Crippen LogP contribution in [-0.4, -0.2) is 31.7 Å². The second kappa shape index (κ2) is 2.25. The molecule has 1 aromatic heterocycles. The first-order valence-corrected chi connectivity index (χ1v) is 4.03. The first-order valence-electron chi connectivity index (χ1n) is 3.05. The summed E-state index contributed by atoms with van der Waals surface area (Å²) in [6, 6.07) is 0. The van der Waals surface area contributed by atoms with Gasteiger partial charge in [0.05, 0.1) is 12.6 Å². The van der Waals surface area contributed by atoms with Crippen LogP contribution in [-0.2, 0) is 6.54 Å². The Morgan fingerprint density at radius 3 is 3.60 bits per heavy atom. The molecule has 1 N–H and O–H groups in total. The molecule has 2 heterocycles. The zero-order chi connectivity index (χ0) is 6.97. The quantitative estimate of drug-likeness (QED) is 0.564. The molecule has 0 unspecified atom stereocenters. The molecule has 10 heavy (non-hydrogen) atoms. The molecular weight excluding hydrogens is 150 g/mol. The Hall–Kier alpha value is -0.550. The number of thioether (sulfide) groups is 1. The Balaban J connectivity index is 2.30. The monoisotopic (exact) mass is 157 g/mol. The number of aromatic nitrogens is 3. The van der Waals surface area contributed by atoms with Crippen molar-refractivity contribution in [3.63, 3.8) is 0 Å². The maximum absolute atomic E-state index is 9.16. The van der Waals surface area contributed by atoms with Gasteiger partial charge in [-0.15, -0.1) is 0 Å². The summed E-state index contributed by atoms with van der Waals surface area (Å²) in [4.78, 5) is 3.99. The van der Waals surface area contributed by atoms with Gasteiger partial charge in [0.25, 0.3) is 0 Å². The largest absolute Gasteiger partial charge is 0.390 e. The molecule has 0 bridgehead atoms. The number of rotatable bonds is 0. The molecule has 0 aromatic carbocycles. The third kappa shape index (κ3) is 0.911. The first-order chi connectivity index (χ1) is 4.86. The molecule has 0 radical (unpaired) electrons. The summed E-state index contributed by atoms with van der Waals surface area (Å²) < 4.78 is 1.72. The molecule has 4 nitrogen and oxygen atoms in total. The maximum atomic E-state index is 9.16. The van der Waals surface area contributed by atoms with E-state index in [1.165, 1.54) is 6.33 Å². The highest BCUT2D eigenvalue weighted by molar-refractivity contribution is 7.99. The molecule has 0 amide bonds. The predicted octanol–water partition coefficient (Wildman–Crippen LogP) is -0.255. The maximum Gasteiger partial charge on any atom is 0.186 e. The van der Waals surface area contributed by atoms with Crippen LogP contribution in [0.2, 0.25) is 0 Å². The standard InChI is InChI=1S/C5H7N3OS/c9-4-1-8-5(10-2-4)6-3-7-8/h3-4,9H,1-2H2/t4-/m0/s1. The summed E-state index contributed by atoms with van der Waals surface area (Å²) in [5.74, 6) is 0.735. The van der Waals surface area contributed by atoms with E-state index in [1.807, 2.05) is 0 Å². The van der Waals surface area contributed by atoms with Crippen LogP contribution in [0.25, 0.3) is 0 Å². The van der Waals surface area contributed by atoms with E-state index in [1.54, 1.807) is 16.4 Å². The highest BCUT2D eigenvalue weighted by Crippen LogP contribution is 2.20. The van der Waals surface area contributed by atoms with Gasteiger partial charge < -0.3 is 5.11 Å². The van der Waals surface area contributed by atoms with Crippen LogP contribution in [0.1, 0.15) is 0 Å². The average Bonchev–Trinajstić information content (AvgIpc) is 2.33. The number of fused-ring (bicyclic) bond motifs is 1. The lowest BCUT2D eigenvalue weighted by atomic mass is 10.4. The zero-order valence-electron chi connectivity index (χ0n) is 5.27. The van der Waals surface area contributed by atoms with E-state index in [-0.39, 0.29) is 6.10 Å². The van der Waals surface area contributed by atoms with Gasteiger partial charge in [0, 0.05) is 5.75 Å². The lowest BCUT2D eigenvalue weighted by Gasteiger charge is -2.16. The van der Waals surface area contributed by atoms with Crippen LogP contribution >= 0.6 is 11.8 Å². The van der Waals surface area contributed by atoms with Crippen LogP contribution in [0, 0.1) is 0 Å². The van der Waals surface area contributed by atoms with Crippen molar-refractivity contribution in [3.05, 3.63) is 6.33 Å². The van der Waals surface area contributed by atoms with Crippen molar-refractivity contribution >= 4 is 11.8 Å². The number of hydrogen-bond donors (Lipinski definition) is 1. The van der Waals surface area contributed by atoms with Crippen molar-refractivity contribution in [2.75, 3.05) is 5.75 Å². The minimum absolute atomic E-state index is 0.265. The number of aliphatic hydroxyl groups excluding tert-OH is 1. The molecule has 1 aromatic rings. The summed E-state index contributed by atoms with van der Waals surface area (Å²) in [7, 11) is 0. The van der Waals surface area contributed by atoms with Crippen LogP contribution in [0.15, 0.2) is 11.5 Å². The predicted molar refractivity (Wildman–Crippen MR) is 36.8 cm³/mol. The Bertz CT molecular complexity index is 237. The summed E-state index contributed by atoms with van der Waals surface area (Å²) in [6.07, 6.45) is 1.25. The molecule has 1 aliphatic rings. The van der Waals surface area contributed by atoms with Crippen molar-refractivity contribution in [2.24, 2.45) is 0 Å². The lowest BCUT2D eigenvalue weighted by Crippen LogP contribution is -2.24. The molecular formula is C5H7N3OS. The van der Waals surface area contributed by atoms with Crippen LogP contribution in [0.3, 0.4) is 0 Å². The lowest BCUT2D eigenvalue weighted by molar-refractivity contribution is 0.164. The highest BCUT2D eigenvalue weighted by atomic mass is 32.2. The summed E-state index contributed by atoms with van der Waals surface area (Å²) in [5.41, 5.74) is 0. The second-order valence-electron chi connectivity index (χ2n) is 2.19. The van der Waals surface area contributed by atoms with E-state index in [9.17, 15) is 0 Å². The molecule has 0 fully saturated rings. The third-order valence-corrected chi connectivity index (χ3v) is 2.49. The van der Waals surface area contributed by atoms with Crippen molar-refractivity contribution in [3.8, 4) is 0 Å². The van der Waals surface area contributed by atoms with Gasteiger partial charge in [-0.05, 0) is 0 Å². The molecule has 0 saturated carbocycles. The van der Waals surface area contributed by atoms with Crippen molar-refractivity contribution < 1.29 is 5.11 Å². The minimum Gasteiger partial charge on any atom is -0.390 e. The first kappa shape index (κ1) is 6.18. The van der Waals surface area contributed by atoms with E-state index < -0.39 is 0 Å². The van der Waals surface area contributed by atoms with Gasteiger partial charge in [0.2, 0.25) is 0 Å². The molecule has 54 valence electrons. The zero-order valence-corrected chi connectivity index (χ0v) is 6.08. The highest BCUT2D eigenvalue weighted by Gasteiger charge is 2.17. The van der Waals surface area contributed by atoms with E-state index in [2.05, 4.69) is 10.1 Å². The van der Waals surface area contributed by atoms with E-state index in [0.29, 0.717) is 6.54 Å². The normalized spacial score (nSPS) is 24.3. The Morgan fingerprint density at radius 1 is 1.80 bits per heavy atom. The molecule has 0 spiro atoms. The van der Waals surface area contributed by atoms with E-state index >= 15 is 0 Å². The number of aliphatic hydroxyl groups is 1.